The topological polar surface area (TPSA) is 30.2 Å². The molecule has 2 heteroatoms. The zero-order valence-corrected chi connectivity index (χ0v) is 5.05. The van der Waals surface area contributed by atoms with Gasteiger partial charge in [-0.25, -0.2) is 0 Å². The fraction of sp³-hybridized carbons (Fsp3) is 0.143. The lowest BCUT2D eigenvalue weighted by atomic mass is 10.2. The highest BCUT2D eigenvalue weighted by Gasteiger charge is 2.05. The summed E-state index contributed by atoms with van der Waals surface area (Å²) in [7, 11) is 0. The minimum Gasteiger partial charge on any atom is -0.461 e. The van der Waals surface area contributed by atoms with Gasteiger partial charge >= 0.3 is 0 Å². The molecule has 0 saturated carbocycles. The maximum absolute atomic E-state index is 10.4. The summed E-state index contributed by atoms with van der Waals surface area (Å²) in [5, 5.41) is 0. The molecule has 0 atom stereocenters. The molecule has 0 bridgehead atoms. The molecule has 1 aromatic heterocycles. The van der Waals surface area contributed by atoms with Gasteiger partial charge in [0.2, 0.25) is 5.78 Å². The Labute approximate surface area is 53.5 Å². The van der Waals surface area contributed by atoms with Crippen LogP contribution >= 0.6 is 0 Å². The molecule has 9 heavy (non-hydrogen) atoms. The van der Waals surface area contributed by atoms with Gasteiger partial charge in [-0.1, -0.05) is 0 Å². The molecule has 0 spiro atoms. The first kappa shape index (κ1) is 6.08. The monoisotopic (exact) mass is 122 g/mol. The molecule has 2 radical (unpaired) electrons. The van der Waals surface area contributed by atoms with E-state index in [1.165, 1.54) is 6.26 Å². The van der Waals surface area contributed by atoms with Gasteiger partial charge in [0.1, 0.15) is 0 Å². The van der Waals surface area contributed by atoms with Crippen molar-refractivity contribution in [3.63, 3.8) is 0 Å². The molecular formula is C7H6O2. The van der Waals surface area contributed by atoms with Crippen LogP contribution in [0.1, 0.15) is 16.1 Å². The number of ketones is 1. The van der Waals surface area contributed by atoms with E-state index in [0.29, 0.717) is 0 Å². The van der Waals surface area contributed by atoms with Crippen molar-refractivity contribution in [2.75, 3.05) is 0 Å². The summed E-state index contributed by atoms with van der Waals surface area (Å²) in [6.45, 7) is 6.69. The summed E-state index contributed by atoms with van der Waals surface area (Å²) in [6.07, 6.45) is 1.44. The fourth-order valence-corrected chi connectivity index (χ4v) is 0.625. The van der Waals surface area contributed by atoms with Crippen LogP contribution in [0.4, 0.5) is 0 Å². The summed E-state index contributed by atoms with van der Waals surface area (Å²) in [5.74, 6) is -0.271. The third kappa shape index (κ3) is 1.02. The third-order valence-corrected chi connectivity index (χ3v) is 1.09. The largest absolute Gasteiger partial charge is 0.461 e. The van der Waals surface area contributed by atoms with E-state index in [0.717, 1.165) is 5.56 Å². The molecule has 1 rings (SSSR count). The zero-order valence-electron chi connectivity index (χ0n) is 5.05. The molecule has 0 amide bonds. The number of carbonyl (C=O) groups is 1. The summed E-state index contributed by atoms with van der Waals surface area (Å²) in [4.78, 5) is 10.4. The summed E-state index contributed by atoms with van der Waals surface area (Å²) in [5.41, 5.74) is 0.780. The van der Waals surface area contributed by atoms with E-state index in [9.17, 15) is 4.79 Å². The second-order valence-electron chi connectivity index (χ2n) is 1.80. The van der Waals surface area contributed by atoms with Crippen molar-refractivity contribution in [2.24, 2.45) is 0 Å². The lowest BCUT2D eigenvalue weighted by molar-refractivity contribution is 0.101. The van der Waals surface area contributed by atoms with Crippen LogP contribution in [0.25, 0.3) is 0 Å². The molecule has 0 unspecified atom stereocenters. The lowest BCUT2D eigenvalue weighted by Crippen LogP contribution is -1.90. The van der Waals surface area contributed by atoms with Crippen molar-refractivity contribution in [3.05, 3.63) is 30.6 Å². The van der Waals surface area contributed by atoms with E-state index in [4.69, 9.17) is 11.3 Å². The van der Waals surface area contributed by atoms with Gasteiger partial charge in [-0.15, -0.1) is 0 Å². The van der Waals surface area contributed by atoms with Crippen LogP contribution in [0.15, 0.2) is 16.7 Å². The first-order chi connectivity index (χ1) is 4.22. The molecular weight excluding hydrogens is 116 g/mol. The highest BCUT2D eigenvalue weighted by molar-refractivity contribution is 5.97. The summed E-state index contributed by atoms with van der Waals surface area (Å²) in [6, 6.07) is 1.69. The molecule has 2 nitrogen and oxygen atoms in total. The van der Waals surface area contributed by atoms with E-state index < -0.39 is 5.78 Å². The Bertz CT molecular complexity index is 223. The minimum absolute atomic E-state index is 0.245. The van der Waals surface area contributed by atoms with Gasteiger partial charge in [-0.2, -0.15) is 0 Å². The van der Waals surface area contributed by atoms with Crippen LogP contribution < -0.4 is 0 Å². The van der Waals surface area contributed by atoms with Crippen molar-refractivity contribution in [1.82, 2.24) is 0 Å². The first-order valence-electron chi connectivity index (χ1n) is 2.55. The number of hydrogen-bond acceptors (Lipinski definition) is 2. The van der Waals surface area contributed by atoms with E-state index in [1.54, 1.807) is 13.0 Å². The number of furan rings is 1. The average molecular weight is 122 g/mol. The predicted octanol–water partition coefficient (Wildman–Crippen LogP) is 1.48. The van der Waals surface area contributed by atoms with Crippen LogP contribution in [0.2, 0.25) is 0 Å². The summed E-state index contributed by atoms with van der Waals surface area (Å²) >= 11 is 0. The van der Waals surface area contributed by atoms with Gasteiger partial charge in [0, 0.05) is 6.92 Å². The highest BCUT2D eigenvalue weighted by atomic mass is 16.3. The molecule has 0 aliphatic heterocycles. The van der Waals surface area contributed by atoms with Crippen LogP contribution in [0.3, 0.4) is 0 Å². The molecule has 1 aromatic rings. The normalized spacial score (nSPS) is 9.56. The van der Waals surface area contributed by atoms with Crippen molar-refractivity contribution in [2.45, 2.75) is 6.92 Å². The van der Waals surface area contributed by atoms with E-state index in [2.05, 4.69) is 0 Å². The van der Waals surface area contributed by atoms with Crippen LogP contribution in [0.5, 0.6) is 0 Å². The lowest BCUT2D eigenvalue weighted by Gasteiger charge is -1.86. The maximum Gasteiger partial charge on any atom is 0.202 e. The second-order valence-corrected chi connectivity index (χ2v) is 1.80. The molecule has 46 valence electrons. The van der Waals surface area contributed by atoms with Crippen molar-refractivity contribution in [1.29, 1.82) is 0 Å². The molecule has 0 N–H and O–H groups in total. The first-order valence-corrected chi connectivity index (χ1v) is 2.55. The van der Waals surface area contributed by atoms with Gasteiger partial charge in [-0.05, 0) is 18.6 Å². The molecule has 0 aliphatic carbocycles. The number of aryl methyl sites for hydroxylation is 1. The van der Waals surface area contributed by atoms with Crippen LogP contribution in [-0.2, 0) is 0 Å². The van der Waals surface area contributed by atoms with Crippen molar-refractivity contribution in [3.8, 4) is 0 Å². The van der Waals surface area contributed by atoms with E-state index in [-0.39, 0.29) is 5.76 Å². The number of hydrogen-bond donors (Lipinski definition) is 0. The third-order valence-electron chi connectivity index (χ3n) is 1.09. The summed E-state index contributed by atoms with van der Waals surface area (Å²) < 4.78 is 4.75. The molecule has 1 heterocycles. The SMILES string of the molecule is [CH]C(=O)c1occc1C. The van der Waals surface area contributed by atoms with Crippen molar-refractivity contribution >= 4 is 5.78 Å². The second kappa shape index (κ2) is 2.05. The van der Waals surface area contributed by atoms with Crippen LogP contribution in [-0.4, -0.2) is 5.78 Å². The van der Waals surface area contributed by atoms with Gasteiger partial charge in [0.25, 0.3) is 0 Å². The van der Waals surface area contributed by atoms with Gasteiger partial charge in [0.15, 0.2) is 5.76 Å². The Balaban J connectivity index is 3.08. The van der Waals surface area contributed by atoms with Crippen molar-refractivity contribution < 1.29 is 9.21 Å². The fourth-order valence-electron chi connectivity index (χ4n) is 0.625. The number of Topliss-reactive ketones (excluding diaryl/α,β-unsaturated/α-hetero) is 1. The van der Waals surface area contributed by atoms with Crippen LogP contribution in [0, 0.1) is 13.8 Å². The Hall–Kier alpha value is -1.05. The standard InChI is InChI=1S/C7H6O2/c1-5-3-4-9-7(5)6(2)8/h2-4H,1H3. The quantitative estimate of drug-likeness (QED) is 0.528. The Morgan fingerprint density at radius 2 is 2.44 bits per heavy atom. The smallest absolute Gasteiger partial charge is 0.202 e. The van der Waals surface area contributed by atoms with Gasteiger partial charge in [-0.3, -0.25) is 4.79 Å². The Kier molecular flexibility index (Phi) is 1.39. The van der Waals surface area contributed by atoms with E-state index >= 15 is 0 Å². The van der Waals surface area contributed by atoms with Gasteiger partial charge in [0.05, 0.1) is 6.26 Å². The molecule has 0 aromatic carbocycles. The zero-order chi connectivity index (χ0) is 6.85. The number of rotatable bonds is 1. The average Bonchev–Trinajstić information content (AvgIpc) is 2.13. The minimum atomic E-state index is -0.516. The molecule has 0 aliphatic rings. The Morgan fingerprint density at radius 3 is 2.67 bits per heavy atom. The molecule has 0 saturated heterocycles. The Morgan fingerprint density at radius 1 is 1.78 bits per heavy atom. The number of carbonyl (C=O) groups excluding carboxylic acids is 1. The highest BCUT2D eigenvalue weighted by Crippen LogP contribution is 2.07. The maximum atomic E-state index is 10.4. The van der Waals surface area contributed by atoms with Gasteiger partial charge < -0.3 is 4.42 Å². The predicted molar refractivity (Wildman–Crippen MR) is 32.1 cm³/mol. The molecule has 0 fully saturated rings. The van der Waals surface area contributed by atoms with E-state index in [1.807, 2.05) is 0 Å².